The molecule has 1 heterocycles. The number of nitrogens with zero attached hydrogens (tertiary/aromatic N) is 1. The second-order valence-corrected chi connectivity index (χ2v) is 13.0. The maximum Gasteiger partial charge on any atom is 0.333 e. The molecule has 1 aromatic rings. The summed E-state index contributed by atoms with van der Waals surface area (Å²) in [5, 5.41) is 3.41. The van der Waals surface area contributed by atoms with E-state index in [1.54, 1.807) is 0 Å². The van der Waals surface area contributed by atoms with E-state index in [1.165, 1.54) is 21.5 Å². The van der Waals surface area contributed by atoms with Gasteiger partial charge in [0.25, 0.3) is 10.0 Å². The highest BCUT2D eigenvalue weighted by molar-refractivity contribution is 7.93. The molecular formula is C22H29N3O5S2. The molecule has 1 unspecified atom stereocenters. The molecule has 32 heavy (non-hydrogen) atoms. The molecule has 3 aliphatic carbocycles. The highest BCUT2D eigenvalue weighted by atomic mass is 32.2. The second-order valence-electron chi connectivity index (χ2n) is 9.23. The highest BCUT2D eigenvalue weighted by Crippen LogP contribution is 2.38. The Morgan fingerprint density at radius 1 is 0.938 bits per heavy atom. The minimum absolute atomic E-state index is 0.327. The molecule has 5 rings (SSSR count). The van der Waals surface area contributed by atoms with Crippen molar-refractivity contribution in [1.29, 1.82) is 0 Å². The molecule has 1 aromatic carbocycles. The van der Waals surface area contributed by atoms with E-state index >= 15 is 0 Å². The fourth-order valence-electron chi connectivity index (χ4n) is 5.30. The van der Waals surface area contributed by atoms with E-state index in [4.69, 9.17) is 0 Å². The monoisotopic (exact) mass is 479 g/mol. The van der Waals surface area contributed by atoms with Crippen LogP contribution in [0.2, 0.25) is 0 Å². The van der Waals surface area contributed by atoms with Crippen LogP contribution in [0.3, 0.4) is 0 Å². The average Bonchev–Trinajstić information content (AvgIpc) is 3.13. The number of urea groups is 1. The van der Waals surface area contributed by atoms with Crippen molar-refractivity contribution in [3.8, 4) is 0 Å². The normalized spacial score (nSPS) is 23.4. The van der Waals surface area contributed by atoms with Crippen molar-refractivity contribution in [3.63, 3.8) is 0 Å². The van der Waals surface area contributed by atoms with E-state index in [2.05, 4.69) is 16.1 Å². The molecule has 0 radical (unpaired) electrons. The second kappa shape index (κ2) is 8.14. The molecule has 10 heteroatoms. The zero-order valence-electron chi connectivity index (χ0n) is 18.0. The summed E-state index contributed by atoms with van der Waals surface area (Å²) in [6.07, 6.45) is 9.82. The summed E-state index contributed by atoms with van der Waals surface area (Å²) in [5.74, 6) is 0. The Labute approximate surface area is 189 Å². The summed E-state index contributed by atoms with van der Waals surface area (Å²) in [6.45, 7) is 0.409. The minimum Gasteiger partial charge on any atom is -0.307 e. The van der Waals surface area contributed by atoms with Crippen molar-refractivity contribution in [2.75, 3.05) is 11.9 Å². The van der Waals surface area contributed by atoms with Crippen LogP contribution in [-0.2, 0) is 45.7 Å². The topological polar surface area (TPSA) is 113 Å². The maximum atomic E-state index is 12.6. The first-order chi connectivity index (χ1) is 15.2. The third-order valence-electron chi connectivity index (χ3n) is 6.95. The van der Waals surface area contributed by atoms with Crippen molar-refractivity contribution in [1.82, 2.24) is 9.03 Å². The Morgan fingerprint density at radius 3 is 2.22 bits per heavy atom. The molecule has 8 nitrogen and oxygen atoms in total. The Kier molecular flexibility index (Phi) is 5.58. The molecule has 2 fully saturated rings. The van der Waals surface area contributed by atoms with Gasteiger partial charge in [-0.05, 0) is 86.5 Å². The number of fused-ring (bicyclic) bond motifs is 2. The first-order valence-corrected chi connectivity index (χ1v) is 14.5. The van der Waals surface area contributed by atoms with Gasteiger partial charge in [-0.15, -0.1) is 0 Å². The van der Waals surface area contributed by atoms with Crippen molar-refractivity contribution < 1.29 is 21.6 Å². The summed E-state index contributed by atoms with van der Waals surface area (Å²) in [4.78, 5) is 12.6. The third-order valence-corrected chi connectivity index (χ3v) is 10.4. The Morgan fingerprint density at radius 2 is 1.59 bits per heavy atom. The van der Waals surface area contributed by atoms with Crippen molar-refractivity contribution in [3.05, 3.63) is 39.8 Å². The van der Waals surface area contributed by atoms with Gasteiger partial charge in [0.05, 0.1) is 5.25 Å². The molecule has 1 aliphatic heterocycles. The Bertz CT molecular complexity index is 1150. The number of anilines is 1. The van der Waals surface area contributed by atoms with Gasteiger partial charge in [0, 0.05) is 23.7 Å². The Balaban J connectivity index is 1.28. The van der Waals surface area contributed by atoms with Crippen LogP contribution < -0.4 is 10.0 Å². The molecule has 0 aromatic heterocycles. The fourth-order valence-corrected chi connectivity index (χ4v) is 8.11. The van der Waals surface area contributed by atoms with Gasteiger partial charge in [0.2, 0.25) is 10.0 Å². The van der Waals surface area contributed by atoms with Crippen LogP contribution in [0.4, 0.5) is 10.5 Å². The third kappa shape index (κ3) is 4.20. The average molecular weight is 480 g/mol. The smallest absolute Gasteiger partial charge is 0.307 e. The van der Waals surface area contributed by atoms with Gasteiger partial charge in [-0.3, -0.25) is 0 Å². The van der Waals surface area contributed by atoms with Crippen LogP contribution in [-0.4, -0.2) is 45.0 Å². The summed E-state index contributed by atoms with van der Waals surface area (Å²) in [6, 6.07) is 0.981. The number of amides is 2. The van der Waals surface area contributed by atoms with Crippen LogP contribution in [0.25, 0.3) is 0 Å². The lowest BCUT2D eigenvalue weighted by Crippen LogP contribution is -2.37. The molecule has 0 spiro atoms. The lowest BCUT2D eigenvalue weighted by atomic mass is 9.99. The van der Waals surface area contributed by atoms with E-state index in [-0.39, 0.29) is 5.25 Å². The molecule has 4 aliphatic rings. The number of carbonyl (C=O) groups is 1. The number of nitrogens with one attached hydrogen (secondary N) is 2. The van der Waals surface area contributed by atoms with Gasteiger partial charge in [0.1, 0.15) is 0 Å². The summed E-state index contributed by atoms with van der Waals surface area (Å²) in [7, 11) is -7.42. The number of aryl methyl sites for hydroxylation is 2. The summed E-state index contributed by atoms with van der Waals surface area (Å²) < 4.78 is 53.7. The van der Waals surface area contributed by atoms with Gasteiger partial charge in [-0.2, -0.15) is 4.31 Å². The van der Waals surface area contributed by atoms with Gasteiger partial charge in [-0.1, -0.05) is 12.1 Å². The SMILES string of the molecule is O=C(Nc1c2c(cc3c1CCC3)CCC2)NS(=O)(=O)/C=C/C1CCCN1S(=O)(=O)C1CC1. The van der Waals surface area contributed by atoms with E-state index in [0.717, 1.165) is 60.7 Å². The quantitative estimate of drug-likeness (QED) is 0.651. The number of hydrogen-bond acceptors (Lipinski definition) is 5. The molecule has 1 atom stereocenters. The highest BCUT2D eigenvalue weighted by Gasteiger charge is 2.43. The van der Waals surface area contributed by atoms with E-state index < -0.39 is 32.1 Å². The molecule has 1 saturated carbocycles. The largest absolute Gasteiger partial charge is 0.333 e. The lowest BCUT2D eigenvalue weighted by molar-refractivity contribution is 0.256. The number of sulfonamides is 2. The van der Waals surface area contributed by atoms with Gasteiger partial charge in [0.15, 0.2) is 0 Å². The first kappa shape index (κ1) is 21.9. The molecule has 174 valence electrons. The summed E-state index contributed by atoms with van der Waals surface area (Å²) >= 11 is 0. The van der Waals surface area contributed by atoms with E-state index in [0.29, 0.717) is 32.2 Å². The van der Waals surface area contributed by atoms with Crippen LogP contribution in [0.15, 0.2) is 17.6 Å². The molecule has 0 bridgehead atoms. The minimum atomic E-state index is -4.05. The van der Waals surface area contributed by atoms with Crippen LogP contribution in [0.1, 0.15) is 60.8 Å². The standard InChI is InChI=1S/C22H29N3O5S2/c26-22(23-21-19-7-1-4-15(19)14-16-5-2-8-20(16)21)24-31(27,28)13-11-17-6-3-12-25(17)32(29,30)18-9-10-18/h11,13-14,17-18H,1-10,12H2,(H2,23,24,26)/b13-11+. The molecule has 2 N–H and O–H groups in total. The zero-order valence-corrected chi connectivity index (χ0v) is 19.6. The van der Waals surface area contributed by atoms with E-state index in [1.807, 2.05) is 0 Å². The van der Waals surface area contributed by atoms with Gasteiger partial charge >= 0.3 is 6.03 Å². The fraction of sp³-hybridized carbons (Fsp3) is 0.591. The molecule has 1 saturated heterocycles. The molecule has 2 amide bonds. The lowest BCUT2D eigenvalue weighted by Gasteiger charge is -2.21. The van der Waals surface area contributed by atoms with Crippen LogP contribution in [0.5, 0.6) is 0 Å². The van der Waals surface area contributed by atoms with Crippen molar-refractivity contribution in [2.24, 2.45) is 0 Å². The zero-order chi connectivity index (χ0) is 22.5. The Hall–Kier alpha value is -1.91. The van der Waals surface area contributed by atoms with Crippen LogP contribution in [0, 0.1) is 0 Å². The first-order valence-electron chi connectivity index (χ1n) is 11.4. The number of carbonyl (C=O) groups excluding carboxylic acids is 1. The van der Waals surface area contributed by atoms with Crippen LogP contribution >= 0.6 is 0 Å². The van der Waals surface area contributed by atoms with Gasteiger partial charge < -0.3 is 5.32 Å². The van der Waals surface area contributed by atoms with Crippen molar-refractivity contribution in [2.45, 2.75) is 75.5 Å². The van der Waals surface area contributed by atoms with Gasteiger partial charge in [-0.25, -0.2) is 26.4 Å². The molecular weight excluding hydrogens is 450 g/mol. The number of rotatable bonds is 6. The number of hydrogen-bond donors (Lipinski definition) is 2. The predicted molar refractivity (Wildman–Crippen MR) is 122 cm³/mol. The van der Waals surface area contributed by atoms with E-state index in [9.17, 15) is 21.6 Å². The maximum absolute atomic E-state index is 12.6. The summed E-state index contributed by atoms with van der Waals surface area (Å²) in [5.41, 5.74) is 5.53. The van der Waals surface area contributed by atoms with Crippen molar-refractivity contribution >= 4 is 31.8 Å². The number of benzene rings is 1. The predicted octanol–water partition coefficient (Wildman–Crippen LogP) is 2.59.